The molecule has 0 aliphatic heterocycles. The number of benzene rings is 1. The lowest BCUT2D eigenvalue weighted by atomic mass is 10.3. The number of hydrogen-bond acceptors (Lipinski definition) is 5. The molecule has 1 aromatic carbocycles. The third-order valence-corrected chi connectivity index (χ3v) is 4.89. The summed E-state index contributed by atoms with van der Waals surface area (Å²) in [7, 11) is -3.26. The molecule has 0 saturated carbocycles. The largest absolute Gasteiger partial charge is 0.357 e. The minimum atomic E-state index is -3.26. The highest BCUT2D eigenvalue weighted by Gasteiger charge is 2.13. The zero-order chi connectivity index (χ0) is 15.0. The van der Waals surface area contributed by atoms with E-state index in [1.165, 1.54) is 17.4 Å². The molecule has 21 heavy (non-hydrogen) atoms. The van der Waals surface area contributed by atoms with Crippen LogP contribution in [0.1, 0.15) is 10.5 Å². The Bertz CT molecular complexity index is 911. The van der Waals surface area contributed by atoms with Crippen molar-refractivity contribution in [2.24, 2.45) is 0 Å². The number of nitrogens with zero attached hydrogens (tertiary/aromatic N) is 1. The van der Waals surface area contributed by atoms with Gasteiger partial charge in [-0.1, -0.05) is 11.3 Å². The van der Waals surface area contributed by atoms with E-state index in [0.717, 1.165) is 6.26 Å². The van der Waals surface area contributed by atoms with Crippen LogP contribution in [0.5, 0.6) is 0 Å². The van der Waals surface area contributed by atoms with Gasteiger partial charge in [0.05, 0.1) is 15.1 Å². The lowest BCUT2D eigenvalue weighted by molar-refractivity contribution is 0.102. The van der Waals surface area contributed by atoms with E-state index in [2.05, 4.69) is 15.3 Å². The van der Waals surface area contributed by atoms with Crippen molar-refractivity contribution in [3.8, 4) is 0 Å². The number of sulfone groups is 1. The Morgan fingerprint density at radius 3 is 2.81 bits per heavy atom. The molecule has 6 nitrogen and oxygen atoms in total. The molecule has 0 bridgehead atoms. The predicted octanol–water partition coefficient (Wildman–Crippen LogP) is 2.28. The Morgan fingerprint density at radius 2 is 2.14 bits per heavy atom. The van der Waals surface area contributed by atoms with Gasteiger partial charge in [0.25, 0.3) is 5.91 Å². The third-order valence-electron chi connectivity index (χ3n) is 2.85. The minimum absolute atomic E-state index is 0.237. The molecule has 0 spiro atoms. The number of hydrogen-bond donors (Lipinski definition) is 2. The van der Waals surface area contributed by atoms with Gasteiger partial charge in [-0.05, 0) is 30.3 Å². The monoisotopic (exact) mass is 321 g/mol. The molecule has 2 N–H and O–H groups in total. The van der Waals surface area contributed by atoms with Crippen LogP contribution in [0.15, 0.2) is 41.4 Å². The van der Waals surface area contributed by atoms with Crippen molar-refractivity contribution in [2.75, 3.05) is 11.6 Å². The van der Waals surface area contributed by atoms with Gasteiger partial charge in [-0.15, -0.1) is 0 Å². The van der Waals surface area contributed by atoms with Gasteiger partial charge >= 0.3 is 0 Å². The van der Waals surface area contributed by atoms with Crippen LogP contribution in [-0.4, -0.2) is 30.5 Å². The molecule has 0 atom stereocenters. The topological polar surface area (TPSA) is 91.9 Å². The zero-order valence-corrected chi connectivity index (χ0v) is 12.6. The van der Waals surface area contributed by atoms with Crippen molar-refractivity contribution in [3.05, 3.63) is 42.2 Å². The number of aromatic amines is 1. The second-order valence-corrected chi connectivity index (χ2v) is 7.51. The van der Waals surface area contributed by atoms with Crippen LogP contribution in [0.3, 0.4) is 0 Å². The summed E-state index contributed by atoms with van der Waals surface area (Å²) in [4.78, 5) is 19.2. The number of nitrogens with one attached hydrogen (secondary N) is 2. The quantitative estimate of drug-likeness (QED) is 0.774. The van der Waals surface area contributed by atoms with Crippen LogP contribution in [0.25, 0.3) is 10.2 Å². The highest BCUT2D eigenvalue weighted by Crippen LogP contribution is 2.28. The lowest BCUT2D eigenvalue weighted by Crippen LogP contribution is -2.11. The Labute approximate surface area is 124 Å². The summed E-state index contributed by atoms with van der Waals surface area (Å²) >= 11 is 1.23. The van der Waals surface area contributed by atoms with Crippen molar-refractivity contribution < 1.29 is 13.2 Å². The fraction of sp³-hybridized carbons (Fsp3) is 0.0769. The van der Waals surface area contributed by atoms with E-state index >= 15 is 0 Å². The van der Waals surface area contributed by atoms with E-state index in [9.17, 15) is 13.2 Å². The van der Waals surface area contributed by atoms with Gasteiger partial charge in [-0.25, -0.2) is 13.4 Å². The number of H-pyrrole nitrogens is 1. The summed E-state index contributed by atoms with van der Waals surface area (Å²) in [5.74, 6) is -0.289. The number of carbonyl (C=O) groups excluding carboxylic acids is 1. The second kappa shape index (κ2) is 4.97. The van der Waals surface area contributed by atoms with Crippen LogP contribution in [0.4, 0.5) is 5.13 Å². The highest BCUT2D eigenvalue weighted by atomic mass is 32.2. The molecular weight excluding hydrogens is 310 g/mol. The molecular formula is C13H11N3O3S2. The van der Waals surface area contributed by atoms with Crippen molar-refractivity contribution in [2.45, 2.75) is 4.90 Å². The van der Waals surface area contributed by atoms with Crippen molar-refractivity contribution in [1.29, 1.82) is 0 Å². The molecule has 3 aromatic rings. The van der Waals surface area contributed by atoms with Crippen LogP contribution in [-0.2, 0) is 9.84 Å². The first-order valence-electron chi connectivity index (χ1n) is 5.99. The fourth-order valence-electron chi connectivity index (χ4n) is 1.83. The summed E-state index contributed by atoms with van der Waals surface area (Å²) in [6.07, 6.45) is 2.81. The van der Waals surface area contributed by atoms with Gasteiger partial charge in [-0.3, -0.25) is 10.1 Å². The second-order valence-electron chi connectivity index (χ2n) is 4.46. The van der Waals surface area contributed by atoms with Crippen LogP contribution >= 0.6 is 11.3 Å². The Kier molecular flexibility index (Phi) is 3.26. The third kappa shape index (κ3) is 2.81. The van der Waals surface area contributed by atoms with E-state index in [1.54, 1.807) is 30.5 Å². The maximum atomic E-state index is 11.9. The first-order chi connectivity index (χ1) is 9.93. The SMILES string of the molecule is CS(=O)(=O)c1ccc2nc(NC(=O)c3ccc[nH]3)sc2c1. The Hall–Kier alpha value is -2.19. The molecule has 0 unspecified atom stereocenters. The van der Waals surface area contributed by atoms with E-state index in [-0.39, 0.29) is 10.8 Å². The molecule has 3 rings (SSSR count). The van der Waals surface area contributed by atoms with Gasteiger partial charge in [0.15, 0.2) is 15.0 Å². The van der Waals surface area contributed by atoms with E-state index in [0.29, 0.717) is 21.0 Å². The number of fused-ring (bicyclic) bond motifs is 1. The average Bonchev–Trinajstić information content (AvgIpc) is 3.05. The number of amides is 1. The van der Waals surface area contributed by atoms with Crippen molar-refractivity contribution in [3.63, 3.8) is 0 Å². The molecule has 0 fully saturated rings. The molecule has 8 heteroatoms. The molecule has 0 aliphatic carbocycles. The lowest BCUT2D eigenvalue weighted by Gasteiger charge is -1.97. The van der Waals surface area contributed by atoms with Crippen LogP contribution < -0.4 is 5.32 Å². The average molecular weight is 321 g/mol. The molecule has 2 heterocycles. The smallest absolute Gasteiger partial charge is 0.273 e. The molecule has 108 valence electrons. The van der Waals surface area contributed by atoms with Crippen molar-refractivity contribution >= 4 is 42.4 Å². The standard InChI is InChI=1S/C13H11N3O3S2/c1-21(18,19)8-4-5-9-11(7-8)20-13(15-9)16-12(17)10-3-2-6-14-10/h2-7,14H,1H3,(H,15,16,17). The van der Waals surface area contributed by atoms with E-state index < -0.39 is 9.84 Å². The van der Waals surface area contributed by atoms with Gasteiger partial charge in [0.1, 0.15) is 5.69 Å². The van der Waals surface area contributed by atoms with E-state index in [1.807, 2.05) is 0 Å². The van der Waals surface area contributed by atoms with Crippen LogP contribution in [0, 0.1) is 0 Å². The summed E-state index contributed by atoms with van der Waals surface area (Å²) in [5, 5.41) is 3.11. The number of anilines is 1. The van der Waals surface area contributed by atoms with Gasteiger partial charge < -0.3 is 4.98 Å². The number of carbonyl (C=O) groups is 1. The molecule has 0 saturated heterocycles. The molecule has 1 amide bonds. The van der Waals surface area contributed by atoms with Gasteiger partial charge in [0.2, 0.25) is 0 Å². The maximum absolute atomic E-state index is 11.9. The first-order valence-corrected chi connectivity index (χ1v) is 8.70. The van der Waals surface area contributed by atoms with Crippen molar-refractivity contribution in [1.82, 2.24) is 9.97 Å². The normalized spacial score (nSPS) is 11.7. The predicted molar refractivity (Wildman–Crippen MR) is 81.5 cm³/mol. The molecule has 0 aliphatic rings. The number of aromatic nitrogens is 2. The number of thiazole rings is 1. The molecule has 2 aromatic heterocycles. The Balaban J connectivity index is 1.93. The van der Waals surface area contributed by atoms with Crippen LogP contribution in [0.2, 0.25) is 0 Å². The van der Waals surface area contributed by atoms with E-state index in [4.69, 9.17) is 0 Å². The van der Waals surface area contributed by atoms with Gasteiger partial charge in [-0.2, -0.15) is 0 Å². The maximum Gasteiger partial charge on any atom is 0.273 e. The first kappa shape index (κ1) is 13.8. The highest BCUT2D eigenvalue weighted by molar-refractivity contribution is 7.90. The summed E-state index contributed by atoms with van der Waals surface area (Å²) < 4.78 is 23.8. The van der Waals surface area contributed by atoms with Gasteiger partial charge in [0, 0.05) is 12.5 Å². The fourth-order valence-corrected chi connectivity index (χ4v) is 3.45. The number of rotatable bonds is 3. The summed E-state index contributed by atoms with van der Waals surface area (Å²) in [6, 6.07) is 8.09. The zero-order valence-electron chi connectivity index (χ0n) is 11.0. The summed E-state index contributed by atoms with van der Waals surface area (Å²) in [5.41, 5.74) is 1.08. The minimum Gasteiger partial charge on any atom is -0.357 e. The Morgan fingerprint density at radius 1 is 1.33 bits per heavy atom. The molecule has 0 radical (unpaired) electrons. The summed E-state index contributed by atoms with van der Waals surface area (Å²) in [6.45, 7) is 0.